The molecule has 3 unspecified atom stereocenters. The quantitative estimate of drug-likeness (QED) is 0.0273. The van der Waals surface area contributed by atoms with Crippen LogP contribution in [0.5, 0.6) is 0 Å². The minimum Gasteiger partial charge on any atom is -0.756 e. The molecule has 0 heterocycles. The minimum absolute atomic E-state index is 0.00686. The van der Waals surface area contributed by atoms with Gasteiger partial charge in [0.2, 0.25) is 5.91 Å². The van der Waals surface area contributed by atoms with Gasteiger partial charge in [0.05, 0.1) is 39.9 Å². The number of quaternary nitrogens is 1. The number of rotatable bonds is 48. The van der Waals surface area contributed by atoms with Gasteiger partial charge in [-0.2, -0.15) is 0 Å². The maximum atomic E-state index is 12.9. The first-order chi connectivity index (χ1) is 30.0. The van der Waals surface area contributed by atoms with Gasteiger partial charge in [0, 0.05) is 6.42 Å². The van der Waals surface area contributed by atoms with Crippen LogP contribution in [0.1, 0.15) is 245 Å². The highest BCUT2D eigenvalue weighted by Gasteiger charge is 2.23. The Bertz CT molecular complexity index is 1110. The number of phosphoric ester groups is 1. The molecule has 8 nitrogen and oxygen atoms in total. The molecule has 1 amide bonds. The fourth-order valence-corrected chi connectivity index (χ4v) is 8.36. The van der Waals surface area contributed by atoms with Gasteiger partial charge < -0.3 is 28.8 Å². The normalized spacial score (nSPS) is 14.4. The van der Waals surface area contributed by atoms with Crippen molar-refractivity contribution in [1.82, 2.24) is 5.32 Å². The van der Waals surface area contributed by atoms with E-state index in [1.807, 2.05) is 27.2 Å². The fourth-order valence-electron chi connectivity index (χ4n) is 7.63. The summed E-state index contributed by atoms with van der Waals surface area (Å²) in [6, 6.07) is -0.904. The van der Waals surface area contributed by atoms with Crippen molar-refractivity contribution in [2.75, 3.05) is 40.9 Å². The minimum atomic E-state index is -4.60. The summed E-state index contributed by atoms with van der Waals surface area (Å²) in [7, 11) is 1.24. The van der Waals surface area contributed by atoms with Crippen LogP contribution in [0.3, 0.4) is 0 Å². The predicted octanol–water partition coefficient (Wildman–Crippen LogP) is 14.8. The van der Waals surface area contributed by atoms with E-state index >= 15 is 0 Å². The van der Waals surface area contributed by atoms with Gasteiger partial charge in [-0.1, -0.05) is 217 Å². The molecule has 9 heteroatoms. The number of carbonyl (C=O) groups excluding carboxylic acids is 1. The standard InChI is InChI=1S/C53H103N2O6P/c1-6-8-10-12-14-16-18-20-22-23-24-25-26-27-28-29-30-31-33-34-36-38-40-42-44-46-52(56)51(50-61-62(58,59)60-49-48-55(3,4)5)54-53(57)47-45-43-41-39-37-35-32-21-19-17-15-13-11-9-7-2/h17,19,36,38,44,46,51-52,56H,6-16,18,20-35,37,39-43,45,47-50H2,1-5H3,(H-,54,57,58,59)/b19-17-,38-36+,46-44+. The van der Waals surface area contributed by atoms with E-state index in [4.69, 9.17) is 9.05 Å². The molecule has 0 spiro atoms. The number of nitrogens with zero attached hydrogens (tertiary/aromatic N) is 1. The first kappa shape index (κ1) is 60.7. The number of carbonyl (C=O) groups is 1. The number of hydrogen-bond donors (Lipinski definition) is 2. The second-order valence-corrected chi connectivity index (χ2v) is 20.6. The summed E-state index contributed by atoms with van der Waals surface area (Å²) in [5.41, 5.74) is 0. The van der Waals surface area contributed by atoms with Crippen LogP contribution in [0.25, 0.3) is 0 Å². The summed E-state index contributed by atoms with van der Waals surface area (Å²) >= 11 is 0. The second kappa shape index (κ2) is 44.9. The Morgan fingerprint density at radius 3 is 1.32 bits per heavy atom. The maximum absolute atomic E-state index is 12.9. The molecule has 0 fully saturated rings. The van der Waals surface area contributed by atoms with E-state index in [1.54, 1.807) is 6.08 Å². The Morgan fingerprint density at radius 2 is 0.903 bits per heavy atom. The SMILES string of the molecule is CCCCCC/C=C\CCCCCCCCCC(=O)NC(COP(=O)([O-])OCC[N+](C)(C)C)C(O)/C=C/CC/C=C/CCCCCCCCCCCCCCCCCCCCC. The Morgan fingerprint density at radius 1 is 0.548 bits per heavy atom. The van der Waals surface area contributed by atoms with Gasteiger partial charge in [0.1, 0.15) is 13.2 Å². The number of aliphatic hydroxyl groups excluding tert-OH is 1. The monoisotopic (exact) mass is 895 g/mol. The van der Waals surface area contributed by atoms with E-state index in [0.717, 1.165) is 38.5 Å². The molecule has 3 atom stereocenters. The number of amides is 1. The molecule has 0 aliphatic carbocycles. The largest absolute Gasteiger partial charge is 0.756 e. The lowest BCUT2D eigenvalue weighted by Crippen LogP contribution is -2.45. The van der Waals surface area contributed by atoms with Crippen molar-refractivity contribution >= 4 is 13.7 Å². The van der Waals surface area contributed by atoms with Crippen LogP contribution in [0.4, 0.5) is 0 Å². The number of phosphoric acid groups is 1. The Labute approximate surface area is 385 Å². The van der Waals surface area contributed by atoms with Crippen molar-refractivity contribution in [2.45, 2.75) is 257 Å². The molecular weight excluding hydrogens is 792 g/mol. The smallest absolute Gasteiger partial charge is 0.268 e. The molecule has 0 aliphatic rings. The van der Waals surface area contributed by atoms with Gasteiger partial charge >= 0.3 is 0 Å². The molecule has 366 valence electrons. The third-order valence-corrected chi connectivity index (χ3v) is 12.8. The van der Waals surface area contributed by atoms with Crippen LogP contribution in [-0.2, 0) is 18.4 Å². The van der Waals surface area contributed by atoms with Gasteiger partial charge in [-0.25, -0.2) is 0 Å². The van der Waals surface area contributed by atoms with Gasteiger partial charge in [0.15, 0.2) is 0 Å². The Balaban J connectivity index is 4.29. The van der Waals surface area contributed by atoms with Gasteiger partial charge in [-0.05, 0) is 57.8 Å². The summed E-state index contributed by atoms with van der Waals surface area (Å²) in [5.74, 6) is -0.211. The summed E-state index contributed by atoms with van der Waals surface area (Å²) in [6.07, 6.45) is 56.4. The van der Waals surface area contributed by atoms with E-state index in [0.29, 0.717) is 17.4 Å². The van der Waals surface area contributed by atoms with Crippen molar-refractivity contribution in [1.29, 1.82) is 0 Å². The highest BCUT2D eigenvalue weighted by Crippen LogP contribution is 2.38. The topological polar surface area (TPSA) is 108 Å². The van der Waals surface area contributed by atoms with E-state index in [2.05, 4.69) is 43.5 Å². The van der Waals surface area contributed by atoms with Crippen LogP contribution in [0, 0.1) is 0 Å². The third-order valence-electron chi connectivity index (χ3n) is 11.8. The molecule has 0 radical (unpaired) electrons. The molecule has 2 N–H and O–H groups in total. The molecule has 0 aromatic heterocycles. The average Bonchev–Trinajstić information content (AvgIpc) is 3.23. The highest BCUT2D eigenvalue weighted by molar-refractivity contribution is 7.45. The van der Waals surface area contributed by atoms with Crippen LogP contribution in [-0.4, -0.2) is 68.5 Å². The number of unbranched alkanes of at least 4 members (excludes halogenated alkanes) is 31. The number of aliphatic hydroxyl groups is 1. The zero-order valence-corrected chi connectivity index (χ0v) is 42.5. The maximum Gasteiger partial charge on any atom is 0.268 e. The molecular formula is C53H103N2O6P. The molecule has 0 rings (SSSR count). The molecule has 0 saturated heterocycles. The fraction of sp³-hybridized carbons (Fsp3) is 0.868. The molecule has 0 aromatic rings. The Kier molecular flexibility index (Phi) is 44.0. The molecule has 0 saturated carbocycles. The number of hydrogen-bond acceptors (Lipinski definition) is 6. The second-order valence-electron chi connectivity index (χ2n) is 19.2. The van der Waals surface area contributed by atoms with E-state index in [1.165, 1.54) is 186 Å². The van der Waals surface area contributed by atoms with Crippen molar-refractivity contribution < 1.29 is 32.9 Å². The molecule has 0 aromatic carbocycles. The van der Waals surface area contributed by atoms with Crippen molar-refractivity contribution in [3.8, 4) is 0 Å². The molecule has 62 heavy (non-hydrogen) atoms. The lowest BCUT2D eigenvalue weighted by Gasteiger charge is -2.29. The summed E-state index contributed by atoms with van der Waals surface area (Å²) < 4.78 is 23.3. The summed E-state index contributed by atoms with van der Waals surface area (Å²) in [4.78, 5) is 25.4. The predicted molar refractivity (Wildman–Crippen MR) is 265 cm³/mol. The zero-order chi connectivity index (χ0) is 45.7. The lowest BCUT2D eigenvalue weighted by molar-refractivity contribution is -0.870. The highest BCUT2D eigenvalue weighted by atomic mass is 31.2. The van der Waals surface area contributed by atoms with Crippen molar-refractivity contribution in [3.05, 3.63) is 36.5 Å². The van der Waals surface area contributed by atoms with Crippen molar-refractivity contribution in [3.63, 3.8) is 0 Å². The van der Waals surface area contributed by atoms with E-state index in [-0.39, 0.29) is 12.5 Å². The van der Waals surface area contributed by atoms with Crippen LogP contribution >= 0.6 is 7.82 Å². The summed E-state index contributed by atoms with van der Waals surface area (Å²) in [6.45, 7) is 4.63. The van der Waals surface area contributed by atoms with Crippen LogP contribution < -0.4 is 10.2 Å². The van der Waals surface area contributed by atoms with E-state index < -0.39 is 26.6 Å². The third kappa shape index (κ3) is 46.7. The number of nitrogens with one attached hydrogen (secondary N) is 1. The Hall–Kier alpha value is -1.28. The summed E-state index contributed by atoms with van der Waals surface area (Å²) in [5, 5.41) is 13.8. The zero-order valence-electron chi connectivity index (χ0n) is 41.6. The van der Waals surface area contributed by atoms with Crippen LogP contribution in [0.2, 0.25) is 0 Å². The van der Waals surface area contributed by atoms with Gasteiger partial charge in [-0.3, -0.25) is 9.36 Å². The van der Waals surface area contributed by atoms with Crippen LogP contribution in [0.15, 0.2) is 36.5 Å². The van der Waals surface area contributed by atoms with Gasteiger partial charge in [0.25, 0.3) is 7.82 Å². The van der Waals surface area contributed by atoms with Crippen molar-refractivity contribution in [2.24, 2.45) is 0 Å². The number of allylic oxidation sites excluding steroid dienone is 5. The first-order valence-corrected chi connectivity index (χ1v) is 27.8. The number of likely N-dealkylation sites (N-methyl/N-ethyl adjacent to an activating group) is 1. The molecule has 0 aliphatic heterocycles. The van der Waals surface area contributed by atoms with E-state index in [9.17, 15) is 19.4 Å². The average molecular weight is 895 g/mol. The lowest BCUT2D eigenvalue weighted by atomic mass is 10.0. The first-order valence-electron chi connectivity index (χ1n) is 26.4. The molecule has 0 bridgehead atoms. The van der Waals surface area contributed by atoms with Gasteiger partial charge in [-0.15, -0.1) is 0 Å².